The van der Waals surface area contributed by atoms with Crippen LogP contribution in [0.2, 0.25) is 0 Å². The first kappa shape index (κ1) is 29.8. The van der Waals surface area contributed by atoms with Gasteiger partial charge in [-0.1, -0.05) is 56.3 Å². The first-order valence-electron chi connectivity index (χ1n) is 10.6. The summed E-state index contributed by atoms with van der Waals surface area (Å²) in [7, 11) is 1.78. The van der Waals surface area contributed by atoms with Crippen molar-refractivity contribution in [3.05, 3.63) is 71.7 Å². The molecule has 1 heterocycles. The Morgan fingerprint density at radius 2 is 1.74 bits per heavy atom. The van der Waals surface area contributed by atoms with Crippen molar-refractivity contribution in [3.8, 4) is 0 Å². The molecule has 1 atom stereocenters. The Hall–Kier alpha value is -3.28. The molecule has 194 valence electrons. The maximum Gasteiger partial charge on any atom is 0.573 e. The van der Waals surface area contributed by atoms with Gasteiger partial charge >= 0.3 is 12.5 Å². The molecule has 0 fully saturated rings. The molecular weight excluding hydrogens is 480 g/mol. The number of hydrazone groups is 1. The second kappa shape index (κ2) is 13.0. The van der Waals surface area contributed by atoms with E-state index in [4.69, 9.17) is 0 Å². The van der Waals surface area contributed by atoms with E-state index in [1.165, 1.54) is 12.2 Å². The number of carbonyl (C=O) groups is 1. The molecule has 0 saturated carbocycles. The summed E-state index contributed by atoms with van der Waals surface area (Å²) in [5.41, 5.74) is -1.83. The molecule has 6 nitrogen and oxygen atoms in total. The van der Waals surface area contributed by atoms with Crippen LogP contribution in [0.25, 0.3) is 0 Å². The van der Waals surface area contributed by atoms with E-state index in [1.54, 1.807) is 43.5 Å². The molecule has 2 aliphatic rings. The predicted octanol–water partition coefficient (Wildman–Crippen LogP) is 5.39. The number of nitrogens with zero attached hydrogens (tertiary/aromatic N) is 2. The fourth-order valence-corrected chi connectivity index (χ4v) is 2.88. The molecule has 12 heteroatoms. The van der Waals surface area contributed by atoms with Crippen molar-refractivity contribution in [2.24, 2.45) is 5.10 Å². The molecule has 1 unspecified atom stereocenters. The minimum absolute atomic E-state index is 0.00926. The molecule has 0 aromatic heterocycles. The predicted molar refractivity (Wildman–Crippen MR) is 119 cm³/mol. The molecular formula is C23H27F6N3O3. The van der Waals surface area contributed by atoms with E-state index >= 15 is 0 Å². The van der Waals surface area contributed by atoms with E-state index in [-0.39, 0.29) is 22.9 Å². The monoisotopic (exact) mass is 507 g/mol. The van der Waals surface area contributed by atoms with E-state index in [0.29, 0.717) is 18.4 Å². The zero-order valence-electron chi connectivity index (χ0n) is 19.3. The normalized spacial score (nSPS) is 22.3. The van der Waals surface area contributed by atoms with Crippen molar-refractivity contribution in [1.29, 1.82) is 0 Å². The quantitative estimate of drug-likeness (QED) is 0.424. The summed E-state index contributed by atoms with van der Waals surface area (Å²) in [6.45, 7) is 4.00. The van der Waals surface area contributed by atoms with Crippen LogP contribution in [0.5, 0.6) is 0 Å². The van der Waals surface area contributed by atoms with E-state index in [0.717, 1.165) is 5.70 Å². The highest BCUT2D eigenvalue weighted by molar-refractivity contribution is 6.02. The number of benzene rings is 1. The first-order valence-corrected chi connectivity index (χ1v) is 10.6. The Morgan fingerprint density at radius 3 is 2.23 bits per heavy atom. The number of nitrogens with one attached hydrogen (secondary N) is 1. The van der Waals surface area contributed by atoms with Crippen LogP contribution in [0.3, 0.4) is 0 Å². The Balaban J connectivity index is 0.000000332. The van der Waals surface area contributed by atoms with E-state index < -0.39 is 24.7 Å². The molecule has 0 saturated heterocycles. The van der Waals surface area contributed by atoms with Gasteiger partial charge in [-0.3, -0.25) is 4.79 Å². The molecule has 1 aliphatic heterocycles. The van der Waals surface area contributed by atoms with Gasteiger partial charge in [-0.05, 0) is 24.1 Å². The van der Waals surface area contributed by atoms with Gasteiger partial charge < -0.3 is 15.2 Å². The maximum absolute atomic E-state index is 12.7. The van der Waals surface area contributed by atoms with Crippen molar-refractivity contribution in [2.45, 2.75) is 51.4 Å². The molecule has 1 aliphatic carbocycles. The Morgan fingerprint density at radius 1 is 1.11 bits per heavy atom. The Bertz CT molecular complexity index is 940. The minimum Gasteiger partial charge on any atom is -0.406 e. The van der Waals surface area contributed by atoms with Crippen LogP contribution in [-0.4, -0.2) is 47.5 Å². The molecule has 2 N–H and O–H groups in total. The Kier molecular flexibility index (Phi) is 11.0. The van der Waals surface area contributed by atoms with Gasteiger partial charge in [-0.2, -0.15) is 23.3 Å². The van der Waals surface area contributed by atoms with Crippen molar-refractivity contribution >= 4 is 12.1 Å². The van der Waals surface area contributed by atoms with Gasteiger partial charge in [0, 0.05) is 19.2 Å². The van der Waals surface area contributed by atoms with Gasteiger partial charge in [0.15, 0.2) is 0 Å². The number of hydrogen-bond acceptors (Lipinski definition) is 5. The fourth-order valence-electron chi connectivity index (χ4n) is 2.88. The van der Waals surface area contributed by atoms with Crippen molar-refractivity contribution in [1.82, 2.24) is 10.3 Å². The fraction of sp³-hybridized carbons (Fsp3) is 0.391. The third kappa shape index (κ3) is 8.78. The molecule has 0 bridgehead atoms. The zero-order chi connectivity index (χ0) is 26.7. The number of halogens is 6. The molecule has 1 aromatic rings. The third-order valence-electron chi connectivity index (χ3n) is 4.54. The van der Waals surface area contributed by atoms with Gasteiger partial charge in [0.2, 0.25) is 6.41 Å². The smallest absolute Gasteiger partial charge is 0.406 e. The SMILES string of the molecule is CC.CN/C1=C/CC=C(OC(F)(F)F)/C=C\C1.O=CN1N=C(c2ccccc2)CC1(O)C(F)(F)F. The second-order valence-corrected chi connectivity index (χ2v) is 6.83. The third-order valence-corrected chi connectivity index (χ3v) is 4.54. The van der Waals surface area contributed by atoms with Gasteiger partial charge in [-0.15, -0.1) is 13.2 Å². The van der Waals surface area contributed by atoms with Crippen molar-refractivity contribution in [3.63, 3.8) is 0 Å². The highest BCUT2D eigenvalue weighted by atomic mass is 19.4. The Labute approximate surface area is 199 Å². The maximum atomic E-state index is 12.7. The number of amides is 1. The van der Waals surface area contributed by atoms with E-state index in [2.05, 4.69) is 15.2 Å². The molecule has 0 radical (unpaired) electrons. The molecule has 1 amide bonds. The van der Waals surface area contributed by atoms with Crippen LogP contribution in [0.4, 0.5) is 26.3 Å². The average molecular weight is 507 g/mol. The number of aliphatic hydroxyl groups is 1. The van der Waals surface area contributed by atoms with Crippen LogP contribution in [0.15, 0.2) is 71.2 Å². The topological polar surface area (TPSA) is 74.2 Å². The number of rotatable bonds is 4. The lowest BCUT2D eigenvalue weighted by molar-refractivity contribution is -0.303. The number of ether oxygens (including phenoxy) is 1. The van der Waals surface area contributed by atoms with E-state index in [1.807, 2.05) is 19.9 Å². The second-order valence-electron chi connectivity index (χ2n) is 6.83. The standard InChI is InChI=1S/C11H9F3N2O2.C10H12F3NO.C2H6/c12-11(13,14)10(18)6-9(15-16(10)7-17)8-4-2-1-3-5-8;1-14-8-4-2-6-9(7-3-5-8)15-10(11,12)13;1-2/h1-5,7,18H,6H2;2,5-7,14H,3-4H2,1H3;1-2H3/b;6-2-,8-5+,9-7?;. The van der Waals surface area contributed by atoms with Crippen molar-refractivity contribution < 1.29 is 41.0 Å². The summed E-state index contributed by atoms with van der Waals surface area (Å²) in [4.78, 5) is 10.6. The van der Waals surface area contributed by atoms with Crippen LogP contribution in [-0.2, 0) is 9.53 Å². The lowest BCUT2D eigenvalue weighted by Gasteiger charge is -2.29. The average Bonchev–Trinajstić information content (AvgIpc) is 3.15. The van der Waals surface area contributed by atoms with Gasteiger partial charge in [0.25, 0.3) is 5.72 Å². The molecule has 3 rings (SSSR count). The number of hydrogen-bond donors (Lipinski definition) is 2. The van der Waals surface area contributed by atoms with E-state index in [9.17, 15) is 36.2 Å². The summed E-state index contributed by atoms with van der Waals surface area (Å²) in [5, 5.41) is 16.0. The molecule has 0 spiro atoms. The lowest BCUT2D eigenvalue weighted by atomic mass is 10.0. The summed E-state index contributed by atoms with van der Waals surface area (Å²) in [5.74, 6) is -0.158. The molecule has 1 aromatic carbocycles. The van der Waals surface area contributed by atoms with Crippen molar-refractivity contribution in [2.75, 3.05) is 7.05 Å². The summed E-state index contributed by atoms with van der Waals surface area (Å²) >= 11 is 0. The van der Waals surface area contributed by atoms with Crippen LogP contribution < -0.4 is 5.32 Å². The summed E-state index contributed by atoms with van der Waals surface area (Å²) in [6.07, 6.45) is -3.33. The summed E-state index contributed by atoms with van der Waals surface area (Å²) < 4.78 is 77.7. The number of alkyl halides is 6. The van der Waals surface area contributed by atoms with Crippen LogP contribution >= 0.6 is 0 Å². The zero-order valence-corrected chi connectivity index (χ0v) is 19.3. The molecule has 35 heavy (non-hydrogen) atoms. The highest BCUT2D eigenvalue weighted by Gasteiger charge is 2.61. The van der Waals surface area contributed by atoms with Crippen LogP contribution in [0.1, 0.15) is 38.7 Å². The minimum atomic E-state index is -4.96. The number of allylic oxidation sites excluding steroid dienone is 4. The van der Waals surface area contributed by atoms with Gasteiger partial charge in [-0.25, -0.2) is 0 Å². The summed E-state index contributed by atoms with van der Waals surface area (Å²) in [6, 6.07) is 8.09. The lowest BCUT2D eigenvalue weighted by Crippen LogP contribution is -2.54. The largest absolute Gasteiger partial charge is 0.573 e. The highest BCUT2D eigenvalue weighted by Crippen LogP contribution is 2.40. The first-order chi connectivity index (χ1) is 16.4. The van der Waals surface area contributed by atoms with Crippen LogP contribution in [0, 0.1) is 0 Å². The number of carbonyl (C=O) groups excluding carboxylic acids is 1. The van der Waals surface area contributed by atoms with Gasteiger partial charge in [0.1, 0.15) is 5.76 Å². The van der Waals surface area contributed by atoms with Gasteiger partial charge in [0.05, 0.1) is 12.1 Å².